The van der Waals surface area contributed by atoms with Crippen molar-refractivity contribution >= 4 is 0 Å². The summed E-state index contributed by atoms with van der Waals surface area (Å²) in [4.78, 5) is 0. The minimum Gasteiger partial charge on any atom is -0.494 e. The van der Waals surface area contributed by atoms with Crippen molar-refractivity contribution in [2.45, 2.75) is 39.3 Å². The number of alkyl halides is 3. The molecule has 0 aliphatic rings. The third-order valence-corrected chi connectivity index (χ3v) is 3.23. The van der Waals surface area contributed by atoms with Crippen molar-refractivity contribution in [2.24, 2.45) is 11.1 Å². The summed E-state index contributed by atoms with van der Waals surface area (Å²) in [5.74, 6) is 0.262. The molecule has 0 heterocycles. The topological polar surface area (TPSA) is 35.2 Å². The molecule has 0 saturated carbocycles. The highest BCUT2D eigenvalue weighted by Gasteiger charge is 2.30. The molecule has 2 N–H and O–H groups in total. The van der Waals surface area contributed by atoms with Gasteiger partial charge in [0.2, 0.25) is 0 Å². The minimum atomic E-state index is -4.33. The van der Waals surface area contributed by atoms with Gasteiger partial charge in [0.25, 0.3) is 0 Å². The molecule has 0 unspecified atom stereocenters. The molecule has 1 rings (SSSR count). The molecule has 0 aliphatic carbocycles. The Hall–Kier alpha value is -1.23. The van der Waals surface area contributed by atoms with Crippen LogP contribution in [0.15, 0.2) is 24.3 Å². The molecule has 0 fully saturated rings. The van der Waals surface area contributed by atoms with Gasteiger partial charge in [0.1, 0.15) is 5.75 Å². The summed E-state index contributed by atoms with van der Waals surface area (Å²) in [7, 11) is 0. The SMILES string of the molecule is CC(C)(CN)CCCCOc1cccc(C(F)(F)F)c1. The average molecular weight is 289 g/mol. The molecule has 0 saturated heterocycles. The number of benzene rings is 1. The number of unbranched alkanes of at least 4 members (excludes halogenated alkanes) is 1. The van der Waals surface area contributed by atoms with E-state index in [9.17, 15) is 13.2 Å². The monoisotopic (exact) mass is 289 g/mol. The van der Waals surface area contributed by atoms with E-state index in [-0.39, 0.29) is 11.2 Å². The predicted octanol–water partition coefficient (Wildman–Crippen LogP) is 4.24. The van der Waals surface area contributed by atoms with E-state index in [1.54, 1.807) is 6.07 Å². The van der Waals surface area contributed by atoms with Crippen LogP contribution in [0.3, 0.4) is 0 Å². The fourth-order valence-corrected chi connectivity index (χ4v) is 1.76. The molecule has 0 amide bonds. The second kappa shape index (κ2) is 6.97. The van der Waals surface area contributed by atoms with E-state index < -0.39 is 11.7 Å². The first-order valence-electron chi connectivity index (χ1n) is 6.75. The van der Waals surface area contributed by atoms with Gasteiger partial charge < -0.3 is 10.5 Å². The fraction of sp³-hybridized carbons (Fsp3) is 0.600. The Kier molecular flexibility index (Phi) is 5.87. The maximum Gasteiger partial charge on any atom is 0.416 e. The molecular formula is C15H22F3NO. The first-order valence-corrected chi connectivity index (χ1v) is 6.75. The Labute approximate surface area is 118 Å². The standard InChI is InChI=1S/C15H22F3NO/c1-14(2,11-19)8-3-4-9-20-13-7-5-6-12(10-13)15(16,17)18/h5-7,10H,3-4,8-9,11,19H2,1-2H3. The summed E-state index contributed by atoms with van der Waals surface area (Å²) in [6, 6.07) is 4.97. The third kappa shape index (κ3) is 5.82. The summed E-state index contributed by atoms with van der Waals surface area (Å²) in [5.41, 5.74) is 5.06. The normalized spacial score (nSPS) is 12.5. The van der Waals surface area contributed by atoms with Crippen LogP contribution < -0.4 is 10.5 Å². The first-order chi connectivity index (χ1) is 9.24. The highest BCUT2D eigenvalue weighted by molar-refractivity contribution is 5.30. The molecule has 0 spiro atoms. The zero-order valence-electron chi connectivity index (χ0n) is 12.0. The van der Waals surface area contributed by atoms with Crippen LogP contribution in [-0.2, 0) is 6.18 Å². The lowest BCUT2D eigenvalue weighted by Gasteiger charge is -2.21. The molecule has 20 heavy (non-hydrogen) atoms. The quantitative estimate of drug-likeness (QED) is 0.762. The molecule has 0 radical (unpaired) electrons. The van der Waals surface area contributed by atoms with Crippen LogP contribution in [-0.4, -0.2) is 13.2 Å². The Morgan fingerprint density at radius 3 is 2.45 bits per heavy atom. The highest BCUT2D eigenvalue weighted by atomic mass is 19.4. The number of hydrogen-bond acceptors (Lipinski definition) is 2. The number of halogens is 3. The van der Waals surface area contributed by atoms with E-state index in [1.807, 2.05) is 0 Å². The van der Waals surface area contributed by atoms with Gasteiger partial charge in [-0.1, -0.05) is 19.9 Å². The van der Waals surface area contributed by atoms with E-state index in [0.717, 1.165) is 31.4 Å². The maximum atomic E-state index is 12.5. The Morgan fingerprint density at radius 1 is 1.15 bits per heavy atom. The second-order valence-corrected chi connectivity index (χ2v) is 5.70. The number of hydrogen-bond donors (Lipinski definition) is 1. The number of rotatable bonds is 7. The Morgan fingerprint density at radius 2 is 1.85 bits per heavy atom. The van der Waals surface area contributed by atoms with Crippen molar-refractivity contribution in [3.8, 4) is 5.75 Å². The summed E-state index contributed by atoms with van der Waals surface area (Å²) < 4.78 is 42.9. The fourth-order valence-electron chi connectivity index (χ4n) is 1.76. The molecule has 1 aromatic carbocycles. The summed E-state index contributed by atoms with van der Waals surface area (Å²) in [6.07, 6.45) is -1.59. The van der Waals surface area contributed by atoms with Gasteiger partial charge in [-0.3, -0.25) is 0 Å². The molecule has 0 atom stereocenters. The lowest BCUT2D eigenvalue weighted by Crippen LogP contribution is -2.23. The van der Waals surface area contributed by atoms with Gasteiger partial charge in [0, 0.05) is 0 Å². The molecule has 0 aromatic heterocycles. The molecule has 0 bridgehead atoms. The van der Waals surface area contributed by atoms with E-state index in [4.69, 9.17) is 10.5 Å². The van der Waals surface area contributed by atoms with Gasteiger partial charge in [0.05, 0.1) is 12.2 Å². The van der Waals surface area contributed by atoms with E-state index in [1.165, 1.54) is 6.07 Å². The third-order valence-electron chi connectivity index (χ3n) is 3.23. The smallest absolute Gasteiger partial charge is 0.416 e. The number of nitrogens with two attached hydrogens (primary N) is 1. The van der Waals surface area contributed by atoms with Crippen LogP contribution in [0.1, 0.15) is 38.7 Å². The largest absolute Gasteiger partial charge is 0.494 e. The van der Waals surface area contributed by atoms with Gasteiger partial charge in [-0.05, 0) is 49.4 Å². The van der Waals surface area contributed by atoms with Crippen molar-refractivity contribution in [2.75, 3.05) is 13.2 Å². The first kappa shape index (κ1) is 16.8. The van der Waals surface area contributed by atoms with Crippen LogP contribution in [0.4, 0.5) is 13.2 Å². The molecule has 1 aromatic rings. The second-order valence-electron chi connectivity index (χ2n) is 5.70. The number of ether oxygens (including phenoxy) is 1. The van der Waals surface area contributed by atoms with Crippen molar-refractivity contribution < 1.29 is 17.9 Å². The molecule has 5 heteroatoms. The van der Waals surface area contributed by atoms with Gasteiger partial charge in [-0.2, -0.15) is 13.2 Å². The van der Waals surface area contributed by atoms with Gasteiger partial charge >= 0.3 is 6.18 Å². The molecule has 0 aliphatic heterocycles. The van der Waals surface area contributed by atoms with Crippen LogP contribution in [0.2, 0.25) is 0 Å². The van der Waals surface area contributed by atoms with E-state index in [0.29, 0.717) is 13.2 Å². The summed E-state index contributed by atoms with van der Waals surface area (Å²) >= 11 is 0. The van der Waals surface area contributed by atoms with Crippen LogP contribution in [0.5, 0.6) is 5.75 Å². The van der Waals surface area contributed by atoms with Crippen molar-refractivity contribution in [1.29, 1.82) is 0 Å². The van der Waals surface area contributed by atoms with Crippen LogP contribution >= 0.6 is 0 Å². The molecular weight excluding hydrogens is 267 g/mol. The van der Waals surface area contributed by atoms with Gasteiger partial charge in [0.15, 0.2) is 0 Å². The zero-order chi connectivity index (χ0) is 15.2. The summed E-state index contributed by atoms with van der Waals surface area (Å²) in [5, 5.41) is 0. The summed E-state index contributed by atoms with van der Waals surface area (Å²) in [6.45, 7) is 5.24. The average Bonchev–Trinajstić information content (AvgIpc) is 2.37. The predicted molar refractivity (Wildman–Crippen MR) is 73.6 cm³/mol. The van der Waals surface area contributed by atoms with Gasteiger partial charge in [-0.25, -0.2) is 0 Å². The highest BCUT2D eigenvalue weighted by Crippen LogP contribution is 2.31. The van der Waals surface area contributed by atoms with Crippen molar-refractivity contribution in [3.05, 3.63) is 29.8 Å². The lowest BCUT2D eigenvalue weighted by atomic mass is 9.87. The van der Waals surface area contributed by atoms with Gasteiger partial charge in [-0.15, -0.1) is 0 Å². The maximum absolute atomic E-state index is 12.5. The Balaban J connectivity index is 2.36. The Bertz CT molecular complexity index is 416. The van der Waals surface area contributed by atoms with Crippen molar-refractivity contribution in [1.82, 2.24) is 0 Å². The zero-order valence-corrected chi connectivity index (χ0v) is 12.0. The van der Waals surface area contributed by atoms with Crippen LogP contribution in [0.25, 0.3) is 0 Å². The van der Waals surface area contributed by atoms with E-state index in [2.05, 4.69) is 13.8 Å². The van der Waals surface area contributed by atoms with E-state index >= 15 is 0 Å². The molecule has 114 valence electrons. The molecule has 2 nitrogen and oxygen atoms in total. The van der Waals surface area contributed by atoms with Crippen LogP contribution in [0, 0.1) is 5.41 Å². The van der Waals surface area contributed by atoms with Crippen molar-refractivity contribution in [3.63, 3.8) is 0 Å². The lowest BCUT2D eigenvalue weighted by molar-refractivity contribution is -0.137. The minimum absolute atomic E-state index is 0.107.